The zero-order valence-electron chi connectivity index (χ0n) is 12.7. The molecule has 1 aliphatic carbocycles. The van der Waals surface area contributed by atoms with Gasteiger partial charge in [-0.3, -0.25) is 4.79 Å². The summed E-state index contributed by atoms with van der Waals surface area (Å²) in [5.74, 6) is 0.174. The number of amides is 1. The lowest BCUT2D eigenvalue weighted by Crippen LogP contribution is -2.38. The van der Waals surface area contributed by atoms with Crippen molar-refractivity contribution in [1.82, 2.24) is 20.3 Å². The van der Waals surface area contributed by atoms with Gasteiger partial charge in [0.2, 0.25) is 5.91 Å². The van der Waals surface area contributed by atoms with E-state index < -0.39 is 0 Å². The zero-order chi connectivity index (χ0) is 14.4. The number of carbonyl (C=O) groups excluding carboxylic acids is 1. The Hall–Kier alpha value is -1.39. The fourth-order valence-corrected chi connectivity index (χ4v) is 2.83. The number of hydrogen-bond acceptors (Lipinski definition) is 3. The quantitative estimate of drug-likeness (QED) is 0.834. The molecule has 1 N–H and O–H groups in total. The average molecular weight is 278 g/mol. The number of aryl methyl sites for hydroxylation is 1. The molecule has 5 heteroatoms. The molecule has 0 fully saturated rings. The molecule has 1 amide bonds. The molecular formula is C15H26N4O. The molecule has 0 saturated carbocycles. The summed E-state index contributed by atoms with van der Waals surface area (Å²) in [6.45, 7) is 6.08. The molecule has 0 aliphatic heterocycles. The van der Waals surface area contributed by atoms with Crippen LogP contribution in [0.2, 0.25) is 0 Å². The monoisotopic (exact) mass is 278 g/mol. The number of aromatic amines is 1. The Morgan fingerprint density at radius 3 is 2.60 bits per heavy atom. The van der Waals surface area contributed by atoms with Crippen molar-refractivity contribution in [3.05, 3.63) is 11.4 Å². The Kier molecular flexibility index (Phi) is 5.56. The summed E-state index contributed by atoms with van der Waals surface area (Å²) in [6, 6.07) is 0. The zero-order valence-corrected chi connectivity index (χ0v) is 12.7. The number of fused-ring (bicyclic) bond motifs is 1. The Bertz CT molecular complexity index is 421. The van der Waals surface area contributed by atoms with Crippen LogP contribution < -0.4 is 0 Å². The summed E-state index contributed by atoms with van der Waals surface area (Å²) >= 11 is 0. The van der Waals surface area contributed by atoms with Gasteiger partial charge in [0.05, 0.1) is 17.3 Å². The number of nitrogens with one attached hydrogen (secondary N) is 1. The largest absolute Gasteiger partial charge is 0.342 e. The maximum absolute atomic E-state index is 12.8. The van der Waals surface area contributed by atoms with E-state index in [0.717, 1.165) is 69.4 Å². The smallest absolute Gasteiger partial charge is 0.231 e. The van der Waals surface area contributed by atoms with Gasteiger partial charge in [0.1, 0.15) is 0 Å². The molecule has 5 nitrogen and oxygen atoms in total. The number of unbranched alkanes of at least 4 members (excludes halogenated alkanes) is 2. The highest BCUT2D eigenvalue weighted by molar-refractivity contribution is 5.83. The van der Waals surface area contributed by atoms with Crippen LogP contribution in [0.3, 0.4) is 0 Å². The van der Waals surface area contributed by atoms with Gasteiger partial charge in [-0.15, -0.1) is 0 Å². The van der Waals surface area contributed by atoms with Crippen molar-refractivity contribution in [2.75, 3.05) is 13.1 Å². The molecule has 0 spiro atoms. The first-order valence-electron chi connectivity index (χ1n) is 7.96. The fourth-order valence-electron chi connectivity index (χ4n) is 2.83. The second kappa shape index (κ2) is 7.41. The van der Waals surface area contributed by atoms with Gasteiger partial charge in [-0.05, 0) is 32.1 Å². The first kappa shape index (κ1) is 15.0. The SMILES string of the molecule is CCCCN(CCCC)C(=O)[C@@H]1CCCc2n[nH]nc21. The molecule has 1 aromatic heterocycles. The van der Waals surface area contributed by atoms with Crippen molar-refractivity contribution in [1.29, 1.82) is 0 Å². The van der Waals surface area contributed by atoms with Gasteiger partial charge in [0, 0.05) is 13.1 Å². The van der Waals surface area contributed by atoms with Gasteiger partial charge < -0.3 is 4.90 Å². The van der Waals surface area contributed by atoms with E-state index in [-0.39, 0.29) is 11.8 Å². The summed E-state index contributed by atoms with van der Waals surface area (Å²) in [4.78, 5) is 14.9. The van der Waals surface area contributed by atoms with E-state index in [2.05, 4.69) is 29.3 Å². The summed E-state index contributed by atoms with van der Waals surface area (Å²) in [6.07, 6.45) is 7.28. The summed E-state index contributed by atoms with van der Waals surface area (Å²) in [5, 5.41) is 11.1. The Labute approximate surface area is 121 Å². The molecule has 0 bridgehead atoms. The predicted molar refractivity (Wildman–Crippen MR) is 78.5 cm³/mol. The predicted octanol–water partition coefficient (Wildman–Crippen LogP) is 2.65. The maximum Gasteiger partial charge on any atom is 0.231 e. The molecule has 1 heterocycles. The molecule has 0 aromatic carbocycles. The van der Waals surface area contributed by atoms with E-state index in [0.29, 0.717) is 0 Å². The van der Waals surface area contributed by atoms with Crippen LogP contribution >= 0.6 is 0 Å². The first-order chi connectivity index (χ1) is 9.77. The molecule has 0 saturated heterocycles. The number of carbonyl (C=O) groups is 1. The minimum absolute atomic E-state index is 0.0776. The highest BCUT2D eigenvalue weighted by atomic mass is 16.2. The van der Waals surface area contributed by atoms with Crippen LogP contribution in [-0.4, -0.2) is 39.3 Å². The summed E-state index contributed by atoms with van der Waals surface area (Å²) in [7, 11) is 0. The second-order valence-electron chi connectivity index (χ2n) is 5.63. The molecule has 112 valence electrons. The summed E-state index contributed by atoms with van der Waals surface area (Å²) < 4.78 is 0. The standard InChI is InChI=1S/C15H26N4O/c1-3-5-10-19(11-6-4-2)15(20)12-8-7-9-13-14(12)17-18-16-13/h12H,3-11H2,1-2H3,(H,16,17,18)/t12-/m1/s1. The van der Waals surface area contributed by atoms with E-state index in [1.807, 2.05) is 4.90 Å². The topological polar surface area (TPSA) is 61.9 Å². The van der Waals surface area contributed by atoms with Crippen molar-refractivity contribution < 1.29 is 4.79 Å². The summed E-state index contributed by atoms with van der Waals surface area (Å²) in [5.41, 5.74) is 1.87. The molecule has 0 unspecified atom stereocenters. The molecule has 1 aromatic rings. The normalized spacial score (nSPS) is 17.8. The van der Waals surface area contributed by atoms with Crippen molar-refractivity contribution >= 4 is 5.91 Å². The Morgan fingerprint density at radius 1 is 1.25 bits per heavy atom. The van der Waals surface area contributed by atoms with E-state index in [1.54, 1.807) is 0 Å². The molecule has 20 heavy (non-hydrogen) atoms. The maximum atomic E-state index is 12.8. The van der Waals surface area contributed by atoms with Crippen LogP contribution in [-0.2, 0) is 11.2 Å². The number of nitrogens with zero attached hydrogens (tertiary/aromatic N) is 3. The highest BCUT2D eigenvalue weighted by Crippen LogP contribution is 2.30. The number of aromatic nitrogens is 3. The molecule has 1 aliphatic rings. The molecule has 0 radical (unpaired) electrons. The van der Waals surface area contributed by atoms with Gasteiger partial charge in [-0.25, -0.2) is 0 Å². The Morgan fingerprint density at radius 2 is 1.95 bits per heavy atom. The lowest BCUT2D eigenvalue weighted by Gasteiger charge is -2.28. The number of H-pyrrole nitrogens is 1. The van der Waals surface area contributed by atoms with Crippen molar-refractivity contribution in [3.8, 4) is 0 Å². The van der Waals surface area contributed by atoms with Crippen molar-refractivity contribution in [2.24, 2.45) is 0 Å². The van der Waals surface area contributed by atoms with Gasteiger partial charge >= 0.3 is 0 Å². The lowest BCUT2D eigenvalue weighted by molar-refractivity contribution is -0.133. The van der Waals surface area contributed by atoms with Crippen molar-refractivity contribution in [3.63, 3.8) is 0 Å². The third-order valence-electron chi connectivity index (χ3n) is 4.06. The van der Waals surface area contributed by atoms with Crippen LogP contribution in [0.25, 0.3) is 0 Å². The molecule has 2 rings (SSSR count). The molecule has 1 atom stereocenters. The molecular weight excluding hydrogens is 252 g/mol. The van der Waals surface area contributed by atoms with Crippen LogP contribution in [0, 0.1) is 0 Å². The van der Waals surface area contributed by atoms with Gasteiger partial charge in [0.25, 0.3) is 0 Å². The third-order valence-corrected chi connectivity index (χ3v) is 4.06. The fraction of sp³-hybridized carbons (Fsp3) is 0.800. The Balaban J connectivity index is 2.07. The van der Waals surface area contributed by atoms with Crippen LogP contribution in [0.1, 0.15) is 69.7 Å². The van der Waals surface area contributed by atoms with Crippen LogP contribution in [0.4, 0.5) is 0 Å². The average Bonchev–Trinajstić information content (AvgIpc) is 2.95. The number of rotatable bonds is 7. The van der Waals surface area contributed by atoms with E-state index in [9.17, 15) is 4.79 Å². The van der Waals surface area contributed by atoms with E-state index in [1.165, 1.54) is 0 Å². The van der Waals surface area contributed by atoms with E-state index >= 15 is 0 Å². The lowest BCUT2D eigenvalue weighted by atomic mass is 9.88. The highest BCUT2D eigenvalue weighted by Gasteiger charge is 2.32. The third kappa shape index (κ3) is 3.38. The number of hydrogen-bond donors (Lipinski definition) is 1. The second-order valence-corrected chi connectivity index (χ2v) is 5.63. The first-order valence-corrected chi connectivity index (χ1v) is 7.96. The van der Waals surface area contributed by atoms with Gasteiger partial charge in [-0.1, -0.05) is 26.7 Å². The minimum Gasteiger partial charge on any atom is -0.342 e. The van der Waals surface area contributed by atoms with E-state index in [4.69, 9.17) is 0 Å². The van der Waals surface area contributed by atoms with Crippen LogP contribution in [0.15, 0.2) is 0 Å². The minimum atomic E-state index is -0.0776. The van der Waals surface area contributed by atoms with Crippen LogP contribution in [0.5, 0.6) is 0 Å². The van der Waals surface area contributed by atoms with Crippen molar-refractivity contribution in [2.45, 2.75) is 64.7 Å². The van der Waals surface area contributed by atoms with Gasteiger partial charge in [0.15, 0.2) is 0 Å². The van der Waals surface area contributed by atoms with Gasteiger partial charge in [-0.2, -0.15) is 15.4 Å².